The lowest BCUT2D eigenvalue weighted by Crippen LogP contribution is -2.11. The van der Waals surface area contributed by atoms with Crippen molar-refractivity contribution >= 4 is 23.4 Å². The van der Waals surface area contributed by atoms with Gasteiger partial charge in [0, 0.05) is 22.9 Å². The van der Waals surface area contributed by atoms with Crippen molar-refractivity contribution in [3.8, 4) is 0 Å². The third kappa shape index (κ3) is 4.73. The van der Waals surface area contributed by atoms with Gasteiger partial charge in [-0.1, -0.05) is 49.0 Å². The summed E-state index contributed by atoms with van der Waals surface area (Å²) < 4.78 is 0. The number of carbonyl (C=O) groups excluding carboxylic acids is 1. The van der Waals surface area contributed by atoms with Gasteiger partial charge in [-0.3, -0.25) is 9.89 Å². The SMILES string of the molecule is CCCc1nc(S[C@@H](C)c2cccc(NC(=O)c3ccccc3)c2)n[nH]1. The maximum atomic E-state index is 12.3. The smallest absolute Gasteiger partial charge is 0.255 e. The molecule has 6 heteroatoms. The zero-order valence-electron chi connectivity index (χ0n) is 14.9. The van der Waals surface area contributed by atoms with Crippen molar-refractivity contribution in [2.75, 3.05) is 5.32 Å². The van der Waals surface area contributed by atoms with E-state index in [1.165, 1.54) is 0 Å². The average molecular weight is 366 g/mol. The number of amides is 1. The second-order valence-electron chi connectivity index (χ2n) is 6.02. The van der Waals surface area contributed by atoms with Crippen molar-refractivity contribution in [1.82, 2.24) is 15.2 Å². The number of nitrogens with one attached hydrogen (secondary N) is 2. The highest BCUT2D eigenvalue weighted by Gasteiger charge is 2.13. The number of aromatic nitrogens is 3. The topological polar surface area (TPSA) is 70.7 Å². The molecule has 1 amide bonds. The van der Waals surface area contributed by atoms with Crippen LogP contribution in [0.3, 0.4) is 0 Å². The Labute approximate surface area is 157 Å². The Bertz CT molecular complexity index is 863. The van der Waals surface area contributed by atoms with Gasteiger partial charge in [0.25, 0.3) is 5.91 Å². The van der Waals surface area contributed by atoms with E-state index in [1.807, 2.05) is 36.4 Å². The summed E-state index contributed by atoms with van der Waals surface area (Å²) in [5.74, 6) is 0.812. The van der Waals surface area contributed by atoms with Crippen LogP contribution in [0, 0.1) is 0 Å². The molecular formula is C20H22N4OS. The van der Waals surface area contributed by atoms with E-state index in [1.54, 1.807) is 23.9 Å². The van der Waals surface area contributed by atoms with Gasteiger partial charge in [0.15, 0.2) is 0 Å². The maximum absolute atomic E-state index is 12.3. The highest BCUT2D eigenvalue weighted by Crippen LogP contribution is 2.33. The number of hydrogen-bond donors (Lipinski definition) is 2. The molecule has 134 valence electrons. The molecule has 0 saturated heterocycles. The minimum atomic E-state index is -0.110. The fraction of sp³-hybridized carbons (Fsp3) is 0.250. The Morgan fingerprint density at radius 3 is 2.77 bits per heavy atom. The molecule has 2 aromatic carbocycles. The van der Waals surface area contributed by atoms with Crippen LogP contribution in [0.5, 0.6) is 0 Å². The minimum Gasteiger partial charge on any atom is -0.322 e. The van der Waals surface area contributed by atoms with Gasteiger partial charge in [0.1, 0.15) is 5.82 Å². The number of H-pyrrole nitrogens is 1. The summed E-state index contributed by atoms with van der Waals surface area (Å²) in [5.41, 5.74) is 2.54. The zero-order valence-corrected chi connectivity index (χ0v) is 15.7. The first-order valence-electron chi connectivity index (χ1n) is 8.70. The molecule has 0 fully saturated rings. The Balaban J connectivity index is 1.66. The monoisotopic (exact) mass is 366 g/mol. The van der Waals surface area contributed by atoms with Crippen molar-refractivity contribution in [3.05, 3.63) is 71.5 Å². The molecule has 3 aromatic rings. The van der Waals surface area contributed by atoms with Gasteiger partial charge in [-0.05, 0) is 43.2 Å². The number of aromatic amines is 1. The number of nitrogens with zero attached hydrogens (tertiary/aromatic N) is 2. The molecule has 0 aliphatic rings. The second-order valence-corrected chi connectivity index (χ2v) is 7.33. The van der Waals surface area contributed by atoms with Crippen LogP contribution in [0.25, 0.3) is 0 Å². The number of hydrogen-bond acceptors (Lipinski definition) is 4. The van der Waals surface area contributed by atoms with Crippen LogP contribution < -0.4 is 5.32 Å². The van der Waals surface area contributed by atoms with E-state index >= 15 is 0 Å². The summed E-state index contributed by atoms with van der Waals surface area (Å²) in [6.07, 6.45) is 1.95. The van der Waals surface area contributed by atoms with Crippen molar-refractivity contribution in [3.63, 3.8) is 0 Å². The first-order chi connectivity index (χ1) is 12.7. The van der Waals surface area contributed by atoms with Gasteiger partial charge >= 0.3 is 0 Å². The van der Waals surface area contributed by atoms with Crippen molar-refractivity contribution in [2.24, 2.45) is 0 Å². The predicted octanol–water partition coefficient (Wildman–Crippen LogP) is 4.86. The minimum absolute atomic E-state index is 0.110. The lowest BCUT2D eigenvalue weighted by molar-refractivity contribution is 0.102. The number of aryl methyl sites for hydroxylation is 1. The largest absolute Gasteiger partial charge is 0.322 e. The van der Waals surface area contributed by atoms with Gasteiger partial charge < -0.3 is 5.32 Å². The number of benzene rings is 2. The molecule has 3 rings (SSSR count). The van der Waals surface area contributed by atoms with Crippen molar-refractivity contribution in [2.45, 2.75) is 37.1 Å². The molecule has 0 radical (unpaired) electrons. The molecule has 1 heterocycles. The molecule has 1 aromatic heterocycles. The molecule has 26 heavy (non-hydrogen) atoms. The fourth-order valence-electron chi connectivity index (χ4n) is 2.57. The van der Waals surface area contributed by atoms with Crippen LogP contribution >= 0.6 is 11.8 Å². The van der Waals surface area contributed by atoms with E-state index in [9.17, 15) is 4.79 Å². The van der Waals surface area contributed by atoms with E-state index < -0.39 is 0 Å². The molecule has 2 N–H and O–H groups in total. The Morgan fingerprint density at radius 1 is 1.19 bits per heavy atom. The van der Waals surface area contributed by atoms with Gasteiger partial charge in [0.05, 0.1) is 0 Å². The maximum Gasteiger partial charge on any atom is 0.255 e. The van der Waals surface area contributed by atoms with Gasteiger partial charge in [-0.15, -0.1) is 5.10 Å². The second kappa shape index (κ2) is 8.67. The van der Waals surface area contributed by atoms with E-state index in [0.717, 1.165) is 35.1 Å². The Hall–Kier alpha value is -2.60. The normalized spacial score (nSPS) is 11.9. The summed E-state index contributed by atoms with van der Waals surface area (Å²) in [6.45, 7) is 4.23. The summed E-state index contributed by atoms with van der Waals surface area (Å²) in [5, 5.41) is 11.1. The van der Waals surface area contributed by atoms with E-state index in [4.69, 9.17) is 0 Å². The lowest BCUT2D eigenvalue weighted by Gasteiger charge is -2.12. The van der Waals surface area contributed by atoms with E-state index in [0.29, 0.717) is 5.56 Å². The standard InChI is InChI=1S/C20H22N4OS/c1-3-8-18-22-20(24-23-18)26-14(2)16-11-7-12-17(13-16)21-19(25)15-9-5-4-6-10-15/h4-7,9-14H,3,8H2,1-2H3,(H,21,25)(H,22,23,24)/t14-/m0/s1. The molecular weight excluding hydrogens is 344 g/mol. The molecule has 0 bridgehead atoms. The van der Waals surface area contributed by atoms with Crippen LogP contribution in [-0.4, -0.2) is 21.1 Å². The Morgan fingerprint density at radius 2 is 2.00 bits per heavy atom. The van der Waals surface area contributed by atoms with Crippen LogP contribution in [0.2, 0.25) is 0 Å². The van der Waals surface area contributed by atoms with Crippen molar-refractivity contribution in [1.29, 1.82) is 0 Å². The summed E-state index contributed by atoms with van der Waals surface area (Å²) in [6, 6.07) is 17.1. The molecule has 5 nitrogen and oxygen atoms in total. The molecule has 0 unspecified atom stereocenters. The number of rotatable bonds is 7. The first kappa shape index (κ1) is 18.2. The van der Waals surface area contributed by atoms with Crippen molar-refractivity contribution < 1.29 is 4.79 Å². The molecule has 0 spiro atoms. The molecule has 0 aliphatic carbocycles. The third-order valence-electron chi connectivity index (χ3n) is 3.93. The highest BCUT2D eigenvalue weighted by molar-refractivity contribution is 7.99. The number of thioether (sulfide) groups is 1. The average Bonchev–Trinajstić information content (AvgIpc) is 3.10. The predicted molar refractivity (Wildman–Crippen MR) is 105 cm³/mol. The zero-order chi connectivity index (χ0) is 18.4. The molecule has 1 atom stereocenters. The summed E-state index contributed by atoms with van der Waals surface area (Å²) in [4.78, 5) is 16.8. The summed E-state index contributed by atoms with van der Waals surface area (Å²) in [7, 11) is 0. The quantitative estimate of drug-likeness (QED) is 0.586. The molecule has 0 saturated carbocycles. The van der Waals surface area contributed by atoms with Crippen LogP contribution in [-0.2, 0) is 6.42 Å². The van der Waals surface area contributed by atoms with E-state index in [-0.39, 0.29) is 11.2 Å². The third-order valence-corrected chi connectivity index (χ3v) is 4.95. The molecule has 0 aliphatic heterocycles. The number of carbonyl (C=O) groups is 1. The van der Waals surface area contributed by atoms with Crippen LogP contribution in [0.1, 0.15) is 47.3 Å². The summed E-state index contributed by atoms with van der Waals surface area (Å²) >= 11 is 1.60. The lowest BCUT2D eigenvalue weighted by atomic mass is 10.1. The fourth-order valence-corrected chi connectivity index (χ4v) is 3.43. The van der Waals surface area contributed by atoms with Crippen LogP contribution in [0.15, 0.2) is 59.8 Å². The van der Waals surface area contributed by atoms with Crippen LogP contribution in [0.4, 0.5) is 5.69 Å². The Kier molecular flexibility index (Phi) is 6.07. The van der Waals surface area contributed by atoms with Gasteiger partial charge in [-0.25, -0.2) is 4.98 Å². The first-order valence-corrected chi connectivity index (χ1v) is 9.58. The van der Waals surface area contributed by atoms with Gasteiger partial charge in [0.2, 0.25) is 5.16 Å². The van der Waals surface area contributed by atoms with Gasteiger partial charge in [-0.2, -0.15) is 0 Å². The number of anilines is 1. The highest BCUT2D eigenvalue weighted by atomic mass is 32.2. The van der Waals surface area contributed by atoms with E-state index in [2.05, 4.69) is 40.4 Å².